The summed E-state index contributed by atoms with van der Waals surface area (Å²) in [5, 5.41) is 7.56. The average molecular weight is 456 g/mol. The van der Waals surface area contributed by atoms with Gasteiger partial charge in [-0.1, -0.05) is 50.1 Å². The second-order valence-electron chi connectivity index (χ2n) is 8.19. The topological polar surface area (TPSA) is 127 Å². The Balaban J connectivity index is 1.52. The lowest BCUT2D eigenvalue weighted by molar-refractivity contribution is -0.150. The molecule has 1 aromatic carbocycles. The van der Waals surface area contributed by atoms with Crippen molar-refractivity contribution in [1.29, 1.82) is 0 Å². The lowest BCUT2D eigenvalue weighted by atomic mass is 9.86. The van der Waals surface area contributed by atoms with Crippen LogP contribution in [0.4, 0.5) is 4.79 Å². The van der Waals surface area contributed by atoms with Crippen LogP contribution in [0.5, 0.6) is 0 Å². The van der Waals surface area contributed by atoms with E-state index in [1.165, 1.54) is 12.3 Å². The maximum Gasteiger partial charge on any atom is 0.329 e. The van der Waals surface area contributed by atoms with E-state index < -0.39 is 36.5 Å². The molecule has 2 aromatic rings. The van der Waals surface area contributed by atoms with Crippen LogP contribution in [0, 0.1) is 5.92 Å². The number of urea groups is 1. The van der Waals surface area contributed by atoms with Crippen LogP contribution >= 0.6 is 0 Å². The molecule has 1 aliphatic rings. The quantitative estimate of drug-likeness (QED) is 0.525. The Hall–Kier alpha value is -3.62. The number of carbonyl (C=O) groups is 4. The fourth-order valence-corrected chi connectivity index (χ4v) is 3.82. The number of carbonyl (C=O) groups excluding carboxylic acids is 4. The van der Waals surface area contributed by atoms with Gasteiger partial charge >= 0.3 is 12.0 Å². The molecule has 4 amide bonds. The normalized spacial score (nSPS) is 18.6. The van der Waals surface area contributed by atoms with Crippen molar-refractivity contribution in [3.05, 3.63) is 60.1 Å². The molecule has 33 heavy (non-hydrogen) atoms. The summed E-state index contributed by atoms with van der Waals surface area (Å²) in [5.74, 6) is -1.74. The lowest BCUT2D eigenvalue weighted by Gasteiger charge is -2.29. The van der Waals surface area contributed by atoms with Crippen LogP contribution in [0.15, 0.2) is 53.1 Å². The van der Waals surface area contributed by atoms with Gasteiger partial charge < -0.3 is 19.8 Å². The molecule has 0 radical (unpaired) electrons. The molecule has 0 spiro atoms. The Morgan fingerprint density at radius 1 is 1.06 bits per heavy atom. The van der Waals surface area contributed by atoms with Gasteiger partial charge in [0.1, 0.15) is 6.04 Å². The van der Waals surface area contributed by atoms with Crippen LogP contribution in [0.2, 0.25) is 0 Å². The van der Waals surface area contributed by atoms with Gasteiger partial charge in [-0.05, 0) is 36.5 Å². The van der Waals surface area contributed by atoms with Crippen molar-refractivity contribution >= 4 is 23.8 Å². The molecule has 0 bridgehead atoms. The molecular formula is C24H29N3O6. The summed E-state index contributed by atoms with van der Waals surface area (Å²) in [4.78, 5) is 49.3. The van der Waals surface area contributed by atoms with E-state index in [0.717, 1.165) is 31.2 Å². The van der Waals surface area contributed by atoms with Crippen LogP contribution in [0.3, 0.4) is 0 Å². The van der Waals surface area contributed by atoms with Crippen LogP contribution in [0.1, 0.15) is 48.7 Å². The zero-order valence-corrected chi connectivity index (χ0v) is 18.5. The van der Waals surface area contributed by atoms with Gasteiger partial charge in [0.2, 0.25) is 0 Å². The van der Waals surface area contributed by atoms with E-state index in [1.807, 2.05) is 30.3 Å². The van der Waals surface area contributed by atoms with Crippen LogP contribution in [-0.4, -0.2) is 42.5 Å². The second kappa shape index (κ2) is 11.8. The molecule has 0 saturated heterocycles. The molecule has 1 fully saturated rings. The van der Waals surface area contributed by atoms with Crippen molar-refractivity contribution in [3.8, 4) is 0 Å². The van der Waals surface area contributed by atoms with Gasteiger partial charge in [-0.15, -0.1) is 0 Å². The molecular weight excluding hydrogens is 426 g/mol. The second-order valence-corrected chi connectivity index (χ2v) is 8.19. The highest BCUT2D eigenvalue weighted by molar-refractivity contribution is 5.97. The molecule has 1 heterocycles. The summed E-state index contributed by atoms with van der Waals surface area (Å²) < 4.78 is 10.2. The van der Waals surface area contributed by atoms with Gasteiger partial charge in [0, 0.05) is 12.5 Å². The number of hydrogen-bond donors (Lipinski definition) is 3. The number of ether oxygens (including phenoxy) is 1. The molecule has 9 nitrogen and oxygen atoms in total. The molecule has 1 saturated carbocycles. The minimum absolute atomic E-state index is 0.0150. The van der Waals surface area contributed by atoms with E-state index in [4.69, 9.17) is 9.15 Å². The molecule has 1 aliphatic carbocycles. The van der Waals surface area contributed by atoms with E-state index in [1.54, 1.807) is 6.07 Å². The van der Waals surface area contributed by atoms with Gasteiger partial charge in [-0.3, -0.25) is 14.9 Å². The summed E-state index contributed by atoms with van der Waals surface area (Å²) in [7, 11) is 0. The number of rotatable bonds is 8. The number of imide groups is 1. The minimum atomic E-state index is -1.05. The van der Waals surface area contributed by atoms with E-state index in [9.17, 15) is 19.2 Å². The van der Waals surface area contributed by atoms with Gasteiger partial charge in [-0.2, -0.15) is 0 Å². The summed E-state index contributed by atoms with van der Waals surface area (Å²) in [6, 6.07) is 10.5. The van der Waals surface area contributed by atoms with E-state index in [0.29, 0.717) is 5.92 Å². The fourth-order valence-electron chi connectivity index (χ4n) is 3.82. The largest absolute Gasteiger partial charge is 0.459 e. The molecule has 3 unspecified atom stereocenters. The first-order valence-electron chi connectivity index (χ1n) is 11.1. The van der Waals surface area contributed by atoms with Crippen molar-refractivity contribution in [2.75, 3.05) is 6.61 Å². The SMILES string of the molecule is CC1CCCCC1NC(=O)NC(=O)COC(=O)C(Cc1ccccc1)NC(=O)c1ccco1. The smallest absolute Gasteiger partial charge is 0.329 e. The van der Waals surface area contributed by atoms with Crippen molar-refractivity contribution in [2.45, 2.75) is 51.1 Å². The third kappa shape index (κ3) is 7.48. The number of amides is 4. The first-order chi connectivity index (χ1) is 15.9. The predicted molar refractivity (Wildman–Crippen MR) is 119 cm³/mol. The zero-order chi connectivity index (χ0) is 23.6. The number of nitrogens with one attached hydrogen (secondary N) is 3. The summed E-state index contributed by atoms with van der Waals surface area (Å²) >= 11 is 0. The van der Waals surface area contributed by atoms with E-state index in [2.05, 4.69) is 22.9 Å². The van der Waals surface area contributed by atoms with E-state index >= 15 is 0 Å². The summed E-state index contributed by atoms with van der Waals surface area (Å²) in [6.07, 6.45) is 5.58. The molecule has 3 rings (SSSR count). The van der Waals surface area contributed by atoms with Crippen LogP contribution < -0.4 is 16.0 Å². The molecule has 3 atom stereocenters. The zero-order valence-electron chi connectivity index (χ0n) is 18.5. The highest BCUT2D eigenvalue weighted by Crippen LogP contribution is 2.23. The Labute approximate surface area is 192 Å². The van der Waals surface area contributed by atoms with Crippen molar-refractivity contribution in [3.63, 3.8) is 0 Å². The molecule has 176 valence electrons. The molecule has 0 aliphatic heterocycles. The maximum absolute atomic E-state index is 12.7. The third-order valence-corrected chi connectivity index (χ3v) is 5.64. The predicted octanol–water partition coefficient (Wildman–Crippen LogP) is 2.57. The maximum atomic E-state index is 12.7. The van der Waals surface area contributed by atoms with Gasteiger partial charge in [0.25, 0.3) is 11.8 Å². The molecule has 3 N–H and O–H groups in total. The first-order valence-corrected chi connectivity index (χ1v) is 11.1. The van der Waals surface area contributed by atoms with Crippen LogP contribution in [-0.2, 0) is 20.7 Å². The molecule has 9 heteroatoms. The van der Waals surface area contributed by atoms with Gasteiger partial charge in [0.15, 0.2) is 12.4 Å². The van der Waals surface area contributed by atoms with Crippen molar-refractivity contribution in [2.24, 2.45) is 5.92 Å². The number of furan rings is 1. The Bertz CT molecular complexity index is 944. The Morgan fingerprint density at radius 2 is 1.82 bits per heavy atom. The monoisotopic (exact) mass is 455 g/mol. The third-order valence-electron chi connectivity index (χ3n) is 5.64. The van der Waals surface area contributed by atoms with Crippen molar-refractivity contribution < 1.29 is 28.3 Å². The number of benzene rings is 1. The van der Waals surface area contributed by atoms with Crippen LogP contribution in [0.25, 0.3) is 0 Å². The highest BCUT2D eigenvalue weighted by Gasteiger charge is 2.26. The number of esters is 1. The average Bonchev–Trinajstić information content (AvgIpc) is 3.34. The van der Waals surface area contributed by atoms with Gasteiger partial charge in [-0.25, -0.2) is 9.59 Å². The Kier molecular flexibility index (Phi) is 8.63. The fraction of sp³-hybridized carbons (Fsp3) is 0.417. The van der Waals surface area contributed by atoms with E-state index in [-0.39, 0.29) is 18.2 Å². The molecule has 1 aromatic heterocycles. The minimum Gasteiger partial charge on any atom is -0.459 e. The van der Waals surface area contributed by atoms with Crippen molar-refractivity contribution in [1.82, 2.24) is 16.0 Å². The Morgan fingerprint density at radius 3 is 2.52 bits per heavy atom. The summed E-state index contributed by atoms with van der Waals surface area (Å²) in [5.41, 5.74) is 0.796. The standard InChI is InChI=1S/C24H29N3O6/c1-16-8-5-6-11-18(16)26-24(31)27-21(28)15-33-23(30)19(14-17-9-3-2-4-10-17)25-22(29)20-12-7-13-32-20/h2-4,7,9-10,12-13,16,18-19H,5-6,8,11,14-15H2,1H3,(H,25,29)(H2,26,27,28,31). The highest BCUT2D eigenvalue weighted by atomic mass is 16.5. The summed E-state index contributed by atoms with van der Waals surface area (Å²) in [6.45, 7) is 1.42. The lowest BCUT2D eigenvalue weighted by Crippen LogP contribution is -2.49. The van der Waals surface area contributed by atoms with Gasteiger partial charge in [0.05, 0.1) is 6.26 Å². The number of hydrogen-bond acceptors (Lipinski definition) is 6. The first kappa shape index (κ1) is 24.0.